The van der Waals surface area contributed by atoms with Crippen LogP contribution in [0.5, 0.6) is 5.75 Å². The Kier molecular flexibility index (Phi) is 5.86. The molecule has 2 N–H and O–H groups in total. The number of rotatable bonds is 7. The third-order valence-corrected chi connectivity index (χ3v) is 2.24. The van der Waals surface area contributed by atoms with E-state index in [1.54, 1.807) is 7.05 Å². The molecule has 0 aliphatic rings. The first-order chi connectivity index (χ1) is 8.19. The normalized spacial score (nSPS) is 10.6. The monoisotopic (exact) mass is 245 g/mol. The molecule has 0 aliphatic heterocycles. The van der Waals surface area contributed by atoms with Crippen molar-refractivity contribution in [2.24, 2.45) is 0 Å². The summed E-state index contributed by atoms with van der Waals surface area (Å²) in [6.45, 7) is 0.647. The van der Waals surface area contributed by atoms with Gasteiger partial charge in [-0.2, -0.15) is 0 Å². The minimum absolute atomic E-state index is 0.0510. The molecule has 1 aromatic rings. The molecule has 0 aromatic heterocycles. The topological polar surface area (TPSA) is 41.5 Å². The second-order valence-corrected chi connectivity index (χ2v) is 3.70. The molecule has 0 bridgehead atoms. The highest BCUT2D eigenvalue weighted by Crippen LogP contribution is 2.23. The molecular weight excluding hydrogens is 228 g/mol. The Labute approximate surface area is 99.4 Å². The van der Waals surface area contributed by atoms with E-state index in [4.69, 9.17) is 9.84 Å². The van der Waals surface area contributed by atoms with E-state index in [9.17, 15) is 8.78 Å². The minimum atomic E-state index is -0.695. The number of ether oxygens (including phenoxy) is 1. The molecule has 0 spiro atoms. The highest BCUT2D eigenvalue weighted by atomic mass is 19.1. The van der Waals surface area contributed by atoms with Crippen LogP contribution in [0.15, 0.2) is 12.1 Å². The molecule has 0 unspecified atom stereocenters. The minimum Gasteiger partial charge on any atom is -0.488 e. The van der Waals surface area contributed by atoms with E-state index in [1.807, 2.05) is 0 Å². The summed E-state index contributed by atoms with van der Waals surface area (Å²) in [4.78, 5) is 0. The van der Waals surface area contributed by atoms with Crippen molar-refractivity contribution >= 4 is 0 Å². The van der Waals surface area contributed by atoms with Crippen LogP contribution in [0.1, 0.15) is 18.4 Å². The van der Waals surface area contributed by atoms with Gasteiger partial charge in [0.25, 0.3) is 0 Å². The van der Waals surface area contributed by atoms with E-state index in [0.29, 0.717) is 24.9 Å². The number of nitrogens with one attached hydrogen (secondary N) is 1. The lowest BCUT2D eigenvalue weighted by Gasteiger charge is -2.09. The predicted molar refractivity (Wildman–Crippen MR) is 60.9 cm³/mol. The summed E-state index contributed by atoms with van der Waals surface area (Å²) in [5, 5.41) is 11.4. The summed E-state index contributed by atoms with van der Waals surface area (Å²) in [5.74, 6) is -1.73. The van der Waals surface area contributed by atoms with E-state index >= 15 is 0 Å². The molecule has 0 aliphatic carbocycles. The number of hydrogen-bond acceptors (Lipinski definition) is 3. The van der Waals surface area contributed by atoms with Crippen LogP contribution in [0.4, 0.5) is 8.78 Å². The third-order valence-electron chi connectivity index (χ3n) is 2.24. The lowest BCUT2D eigenvalue weighted by molar-refractivity contribution is 0.242. The second-order valence-electron chi connectivity index (χ2n) is 3.70. The lowest BCUT2D eigenvalue weighted by atomic mass is 10.2. The Morgan fingerprint density at radius 3 is 2.41 bits per heavy atom. The van der Waals surface area contributed by atoms with Crippen molar-refractivity contribution in [2.75, 3.05) is 20.3 Å². The zero-order valence-electron chi connectivity index (χ0n) is 9.80. The Hall–Kier alpha value is -1.20. The van der Waals surface area contributed by atoms with Crippen LogP contribution in [-0.2, 0) is 6.54 Å². The van der Waals surface area contributed by atoms with Gasteiger partial charge in [0, 0.05) is 13.2 Å². The smallest absolute Gasteiger partial charge is 0.190 e. The van der Waals surface area contributed by atoms with Gasteiger partial charge in [-0.3, -0.25) is 0 Å². The SMILES string of the molecule is CNCc1cc(F)c(OCCCCO)c(F)c1. The van der Waals surface area contributed by atoms with Crippen LogP contribution in [0.25, 0.3) is 0 Å². The highest BCUT2D eigenvalue weighted by molar-refractivity contribution is 5.31. The van der Waals surface area contributed by atoms with Crippen molar-refractivity contribution in [3.8, 4) is 5.75 Å². The summed E-state index contributed by atoms with van der Waals surface area (Å²) in [5.41, 5.74) is 0.533. The van der Waals surface area contributed by atoms with E-state index in [0.717, 1.165) is 0 Å². The maximum absolute atomic E-state index is 13.5. The zero-order valence-corrected chi connectivity index (χ0v) is 9.80. The van der Waals surface area contributed by atoms with Gasteiger partial charge in [-0.05, 0) is 37.6 Å². The Bertz CT molecular complexity index is 335. The van der Waals surface area contributed by atoms with Gasteiger partial charge in [-0.1, -0.05) is 0 Å². The van der Waals surface area contributed by atoms with Crippen molar-refractivity contribution in [2.45, 2.75) is 19.4 Å². The molecule has 3 nitrogen and oxygen atoms in total. The van der Waals surface area contributed by atoms with E-state index in [1.165, 1.54) is 12.1 Å². The van der Waals surface area contributed by atoms with Crippen LogP contribution in [0.3, 0.4) is 0 Å². The Morgan fingerprint density at radius 2 is 1.88 bits per heavy atom. The summed E-state index contributed by atoms with van der Waals surface area (Å²) >= 11 is 0. The quantitative estimate of drug-likeness (QED) is 0.720. The molecule has 96 valence electrons. The van der Waals surface area contributed by atoms with E-state index in [2.05, 4.69) is 5.32 Å². The van der Waals surface area contributed by atoms with Crippen molar-refractivity contribution in [1.29, 1.82) is 0 Å². The van der Waals surface area contributed by atoms with Gasteiger partial charge in [-0.25, -0.2) is 8.78 Å². The van der Waals surface area contributed by atoms with Gasteiger partial charge in [-0.15, -0.1) is 0 Å². The fourth-order valence-electron chi connectivity index (χ4n) is 1.44. The summed E-state index contributed by atoms with van der Waals surface area (Å²) in [6, 6.07) is 2.50. The van der Waals surface area contributed by atoms with Gasteiger partial charge in [0.15, 0.2) is 17.4 Å². The van der Waals surface area contributed by atoms with Crippen molar-refractivity contribution < 1.29 is 18.6 Å². The molecule has 0 heterocycles. The van der Waals surface area contributed by atoms with Gasteiger partial charge in [0.1, 0.15) is 0 Å². The molecule has 0 radical (unpaired) electrons. The largest absolute Gasteiger partial charge is 0.488 e. The Balaban J connectivity index is 2.65. The van der Waals surface area contributed by atoms with Gasteiger partial charge >= 0.3 is 0 Å². The maximum Gasteiger partial charge on any atom is 0.190 e. The molecule has 0 saturated carbocycles. The molecular formula is C12H17F2NO2. The zero-order chi connectivity index (χ0) is 12.7. The first-order valence-corrected chi connectivity index (χ1v) is 5.55. The number of benzene rings is 1. The van der Waals surface area contributed by atoms with Crippen LogP contribution in [0, 0.1) is 11.6 Å². The molecule has 0 fully saturated rings. The third kappa shape index (κ3) is 4.28. The average Bonchev–Trinajstić information content (AvgIpc) is 2.27. The molecule has 17 heavy (non-hydrogen) atoms. The highest BCUT2D eigenvalue weighted by Gasteiger charge is 2.12. The fourth-order valence-corrected chi connectivity index (χ4v) is 1.44. The van der Waals surface area contributed by atoms with Crippen LogP contribution < -0.4 is 10.1 Å². The molecule has 1 aromatic carbocycles. The number of unbranched alkanes of at least 4 members (excludes halogenated alkanes) is 1. The van der Waals surface area contributed by atoms with Gasteiger partial charge < -0.3 is 15.2 Å². The van der Waals surface area contributed by atoms with E-state index in [-0.39, 0.29) is 19.0 Å². The van der Waals surface area contributed by atoms with Crippen molar-refractivity contribution in [1.82, 2.24) is 5.32 Å². The molecule has 0 atom stereocenters. The van der Waals surface area contributed by atoms with Crippen molar-refractivity contribution in [3.05, 3.63) is 29.3 Å². The summed E-state index contributed by atoms with van der Waals surface area (Å²) < 4.78 is 32.0. The first-order valence-electron chi connectivity index (χ1n) is 5.55. The summed E-state index contributed by atoms with van der Waals surface area (Å²) in [7, 11) is 1.70. The molecule has 5 heteroatoms. The predicted octanol–water partition coefficient (Wildman–Crippen LogP) is 1.84. The van der Waals surface area contributed by atoms with E-state index < -0.39 is 11.6 Å². The first kappa shape index (κ1) is 13.9. The fraction of sp³-hybridized carbons (Fsp3) is 0.500. The average molecular weight is 245 g/mol. The maximum atomic E-state index is 13.5. The standard InChI is InChI=1S/C12H17F2NO2/c1-15-8-9-6-10(13)12(11(14)7-9)17-5-3-2-4-16/h6-7,15-16H,2-5,8H2,1H3. The van der Waals surface area contributed by atoms with Gasteiger partial charge in [0.2, 0.25) is 0 Å². The number of halogens is 2. The van der Waals surface area contributed by atoms with Crippen LogP contribution in [-0.4, -0.2) is 25.4 Å². The molecule has 0 saturated heterocycles. The summed E-state index contributed by atoms with van der Waals surface area (Å²) in [6.07, 6.45) is 1.12. The van der Waals surface area contributed by atoms with Gasteiger partial charge in [0.05, 0.1) is 6.61 Å². The second kappa shape index (κ2) is 7.19. The van der Waals surface area contributed by atoms with Crippen LogP contribution in [0.2, 0.25) is 0 Å². The number of hydrogen-bond donors (Lipinski definition) is 2. The van der Waals surface area contributed by atoms with Crippen molar-refractivity contribution in [3.63, 3.8) is 0 Å². The number of aliphatic hydroxyl groups excluding tert-OH is 1. The Morgan fingerprint density at radius 1 is 1.24 bits per heavy atom. The number of aliphatic hydroxyl groups is 1. The molecule has 0 amide bonds. The molecule has 1 rings (SSSR count). The lowest BCUT2D eigenvalue weighted by Crippen LogP contribution is -2.08. The van der Waals surface area contributed by atoms with Crippen LogP contribution >= 0.6 is 0 Å².